The van der Waals surface area contributed by atoms with Crippen LogP contribution in [0.5, 0.6) is 11.8 Å². The number of nitrogens with zero attached hydrogens (tertiary/aromatic N) is 4. The van der Waals surface area contributed by atoms with Gasteiger partial charge in [-0.25, -0.2) is 4.39 Å². The van der Waals surface area contributed by atoms with E-state index >= 15 is 0 Å². The standard InChI is InChI=1S/C15H10ClFN2O2.C15H12N2O2/c16-10-5-6-13-11(7-10)14(18-21)15(20)19(13)8-9-3-1-2-4-12(9)17;18-15-14(16-19)12-8-4-5-9-13(12)17(15)10-11-6-2-1-3-7-11/h1-7,20H,8H2;1-9,18H,10H2. The molecule has 2 heterocycles. The summed E-state index contributed by atoms with van der Waals surface area (Å²) in [7, 11) is 0. The Kier molecular flexibility index (Phi) is 7.56. The van der Waals surface area contributed by atoms with Crippen molar-refractivity contribution in [2.45, 2.75) is 13.1 Å². The zero-order valence-corrected chi connectivity index (χ0v) is 21.7. The topological polar surface area (TPSA) is 109 Å². The Morgan fingerprint density at radius 3 is 1.95 bits per heavy atom. The highest BCUT2D eigenvalue weighted by Crippen LogP contribution is 2.40. The summed E-state index contributed by atoms with van der Waals surface area (Å²) < 4.78 is 16.9. The van der Waals surface area contributed by atoms with Crippen LogP contribution in [0, 0.1) is 15.6 Å². The number of halogens is 2. The predicted molar refractivity (Wildman–Crippen MR) is 154 cm³/mol. The fraction of sp³-hybridized carbons (Fsp3) is 0.0667. The minimum Gasteiger partial charge on any atom is -0.493 e. The van der Waals surface area contributed by atoms with Crippen LogP contribution in [-0.2, 0) is 13.1 Å². The maximum atomic E-state index is 13.8. The summed E-state index contributed by atoms with van der Waals surface area (Å²) >= 11 is 5.90. The van der Waals surface area contributed by atoms with Crippen molar-refractivity contribution in [3.05, 3.63) is 129 Å². The van der Waals surface area contributed by atoms with E-state index in [-0.39, 0.29) is 35.5 Å². The van der Waals surface area contributed by atoms with Gasteiger partial charge in [-0.1, -0.05) is 78.3 Å². The molecular formula is C30H22ClFN4O4. The third kappa shape index (κ3) is 5.02. The summed E-state index contributed by atoms with van der Waals surface area (Å²) in [6.07, 6.45) is 0. The highest BCUT2D eigenvalue weighted by Gasteiger charge is 2.19. The fourth-order valence-corrected chi connectivity index (χ4v) is 4.80. The zero-order valence-electron chi connectivity index (χ0n) is 20.9. The first kappa shape index (κ1) is 26.6. The largest absolute Gasteiger partial charge is 0.493 e. The second-order valence-electron chi connectivity index (χ2n) is 8.95. The third-order valence-corrected chi connectivity index (χ3v) is 6.78. The average molecular weight is 557 g/mol. The molecule has 0 aliphatic heterocycles. The molecule has 0 aliphatic rings. The van der Waals surface area contributed by atoms with Crippen LogP contribution < -0.4 is 0 Å². The molecule has 0 amide bonds. The number of aromatic hydroxyl groups is 2. The smallest absolute Gasteiger partial charge is 0.222 e. The zero-order chi connectivity index (χ0) is 28.2. The van der Waals surface area contributed by atoms with Crippen molar-refractivity contribution < 1.29 is 14.6 Å². The molecule has 0 bridgehead atoms. The first-order valence-electron chi connectivity index (χ1n) is 12.2. The fourth-order valence-electron chi connectivity index (χ4n) is 4.63. The minimum atomic E-state index is -0.381. The summed E-state index contributed by atoms with van der Waals surface area (Å²) in [5.41, 5.74) is 2.83. The number of rotatable bonds is 6. The number of hydrogen-bond donors (Lipinski definition) is 2. The van der Waals surface area contributed by atoms with E-state index in [0.717, 1.165) is 11.1 Å². The molecule has 0 radical (unpaired) electrons. The van der Waals surface area contributed by atoms with Gasteiger partial charge >= 0.3 is 0 Å². The quantitative estimate of drug-likeness (QED) is 0.201. The van der Waals surface area contributed by atoms with E-state index in [1.165, 1.54) is 10.6 Å². The molecule has 10 heteroatoms. The van der Waals surface area contributed by atoms with E-state index in [2.05, 4.69) is 10.4 Å². The van der Waals surface area contributed by atoms with Crippen molar-refractivity contribution >= 4 is 44.8 Å². The summed E-state index contributed by atoms with van der Waals surface area (Å²) in [4.78, 5) is 21.8. The summed E-state index contributed by atoms with van der Waals surface area (Å²) in [6, 6.07) is 28.2. The molecule has 0 saturated carbocycles. The average Bonchev–Trinajstić information content (AvgIpc) is 3.39. The molecule has 2 aromatic heterocycles. The first-order chi connectivity index (χ1) is 19.4. The van der Waals surface area contributed by atoms with Gasteiger partial charge in [0.25, 0.3) is 0 Å². The van der Waals surface area contributed by atoms with Gasteiger partial charge in [0.1, 0.15) is 5.82 Å². The molecular weight excluding hydrogens is 535 g/mol. The van der Waals surface area contributed by atoms with E-state index in [1.807, 2.05) is 48.5 Å². The van der Waals surface area contributed by atoms with Gasteiger partial charge in [-0.2, -0.15) is 0 Å². The van der Waals surface area contributed by atoms with E-state index < -0.39 is 0 Å². The lowest BCUT2D eigenvalue weighted by molar-refractivity contribution is 0.428. The molecule has 8 nitrogen and oxygen atoms in total. The van der Waals surface area contributed by atoms with E-state index in [4.69, 9.17) is 11.6 Å². The highest BCUT2D eigenvalue weighted by atomic mass is 35.5. The van der Waals surface area contributed by atoms with Crippen LogP contribution in [0.25, 0.3) is 21.8 Å². The number of nitroso groups, excluding NO2 is 2. The Morgan fingerprint density at radius 1 is 0.675 bits per heavy atom. The molecule has 2 N–H and O–H groups in total. The SMILES string of the molecule is O=Nc1c(O)n(Cc2ccccc2)c2ccccc12.O=Nc1c(O)n(Cc2ccccc2F)c2ccc(Cl)cc12. The number of hydrogen-bond acceptors (Lipinski definition) is 6. The van der Waals surface area contributed by atoms with Gasteiger partial charge in [-0.15, -0.1) is 9.81 Å². The van der Waals surface area contributed by atoms with E-state index in [0.29, 0.717) is 33.4 Å². The van der Waals surface area contributed by atoms with Crippen LogP contribution in [0.3, 0.4) is 0 Å². The van der Waals surface area contributed by atoms with Gasteiger partial charge in [0, 0.05) is 21.4 Å². The molecule has 4 aromatic carbocycles. The molecule has 0 aliphatic carbocycles. The third-order valence-electron chi connectivity index (χ3n) is 6.54. The Hall–Kier alpha value is -5.02. The second kappa shape index (κ2) is 11.4. The lowest BCUT2D eigenvalue weighted by Gasteiger charge is -2.08. The van der Waals surface area contributed by atoms with Crippen LogP contribution in [0.15, 0.2) is 107 Å². The van der Waals surface area contributed by atoms with Crippen LogP contribution in [0.4, 0.5) is 15.8 Å². The molecule has 0 atom stereocenters. The lowest BCUT2D eigenvalue weighted by atomic mass is 10.2. The monoisotopic (exact) mass is 556 g/mol. The Bertz CT molecular complexity index is 1850. The van der Waals surface area contributed by atoms with Crippen molar-refractivity contribution in [1.82, 2.24) is 9.13 Å². The van der Waals surface area contributed by atoms with Gasteiger partial charge in [-0.3, -0.25) is 0 Å². The van der Waals surface area contributed by atoms with Crippen molar-refractivity contribution in [3.63, 3.8) is 0 Å². The molecule has 0 spiro atoms. The van der Waals surface area contributed by atoms with Gasteiger partial charge < -0.3 is 19.3 Å². The van der Waals surface area contributed by atoms with Gasteiger partial charge in [0.2, 0.25) is 11.8 Å². The molecule has 6 rings (SSSR count). The van der Waals surface area contributed by atoms with Gasteiger partial charge in [0.15, 0.2) is 11.4 Å². The van der Waals surface area contributed by atoms with E-state index in [9.17, 15) is 24.4 Å². The molecule has 6 aromatic rings. The molecule has 0 saturated heterocycles. The summed E-state index contributed by atoms with van der Waals surface area (Å²) in [5.74, 6) is -0.765. The van der Waals surface area contributed by atoms with Crippen LogP contribution in [0.1, 0.15) is 11.1 Å². The number of aromatic nitrogens is 2. The Morgan fingerprint density at radius 2 is 1.25 bits per heavy atom. The number of fused-ring (bicyclic) bond motifs is 2. The highest BCUT2D eigenvalue weighted by molar-refractivity contribution is 6.31. The maximum absolute atomic E-state index is 13.8. The minimum absolute atomic E-state index is 0.0833. The van der Waals surface area contributed by atoms with Crippen molar-refractivity contribution in [1.29, 1.82) is 0 Å². The summed E-state index contributed by atoms with van der Waals surface area (Å²) in [6.45, 7) is 0.592. The Labute approximate surface area is 232 Å². The predicted octanol–water partition coefficient (Wildman–Crippen LogP) is 8.38. The molecule has 0 fully saturated rings. The lowest BCUT2D eigenvalue weighted by Crippen LogP contribution is -2.01. The second-order valence-corrected chi connectivity index (χ2v) is 9.39. The van der Waals surface area contributed by atoms with Gasteiger partial charge in [-0.05, 0) is 46.2 Å². The van der Waals surface area contributed by atoms with Crippen molar-refractivity contribution in [3.8, 4) is 11.8 Å². The van der Waals surface area contributed by atoms with Crippen LogP contribution in [0.2, 0.25) is 5.02 Å². The maximum Gasteiger partial charge on any atom is 0.222 e. The van der Waals surface area contributed by atoms with Crippen molar-refractivity contribution in [2.24, 2.45) is 10.4 Å². The summed E-state index contributed by atoms with van der Waals surface area (Å²) in [5, 5.41) is 27.6. The van der Waals surface area contributed by atoms with Crippen LogP contribution in [-0.4, -0.2) is 19.3 Å². The number of para-hydroxylation sites is 1. The molecule has 0 unspecified atom stereocenters. The molecule has 200 valence electrons. The first-order valence-corrected chi connectivity index (χ1v) is 12.6. The van der Waals surface area contributed by atoms with Crippen molar-refractivity contribution in [2.75, 3.05) is 0 Å². The van der Waals surface area contributed by atoms with Gasteiger partial charge in [0.05, 0.1) is 24.1 Å². The Balaban J connectivity index is 0.000000162. The van der Waals surface area contributed by atoms with Crippen LogP contribution >= 0.6 is 11.6 Å². The number of benzene rings is 4. The van der Waals surface area contributed by atoms with E-state index in [1.54, 1.807) is 47.0 Å². The molecule has 40 heavy (non-hydrogen) atoms. The normalized spacial score (nSPS) is 10.8.